The van der Waals surface area contributed by atoms with Crippen LogP contribution in [0.15, 0.2) is 18.3 Å². The zero-order valence-electron chi connectivity index (χ0n) is 12.1. The first-order valence-electron chi connectivity index (χ1n) is 6.91. The van der Waals surface area contributed by atoms with Gasteiger partial charge in [0.15, 0.2) is 0 Å². The zero-order chi connectivity index (χ0) is 14.4. The molecule has 1 aromatic rings. The molecule has 1 fully saturated rings. The number of rotatable bonds is 4. The number of ether oxygens (including phenoxy) is 1. The van der Waals surface area contributed by atoms with Gasteiger partial charge in [0.05, 0.1) is 0 Å². The van der Waals surface area contributed by atoms with E-state index in [2.05, 4.69) is 27.1 Å². The van der Waals surface area contributed by atoms with Gasteiger partial charge in [-0.1, -0.05) is 0 Å². The maximum Gasteiger partial charge on any atom is 0.412 e. The summed E-state index contributed by atoms with van der Waals surface area (Å²) in [6.07, 6.45) is 1.21. The van der Waals surface area contributed by atoms with Crippen LogP contribution in [0.2, 0.25) is 0 Å². The monoisotopic (exact) mass is 278 g/mol. The van der Waals surface area contributed by atoms with Crippen LogP contribution < -0.4 is 5.32 Å². The molecule has 6 heteroatoms. The molecule has 0 radical (unpaired) electrons. The Hall–Kier alpha value is -1.66. The van der Waals surface area contributed by atoms with E-state index in [1.807, 2.05) is 19.1 Å². The number of aryl methyl sites for hydroxylation is 1. The van der Waals surface area contributed by atoms with E-state index in [1.54, 1.807) is 6.20 Å². The van der Waals surface area contributed by atoms with Gasteiger partial charge in [-0.05, 0) is 31.7 Å². The molecule has 1 aliphatic rings. The molecule has 1 aromatic heterocycles. The highest BCUT2D eigenvalue weighted by atomic mass is 16.5. The van der Waals surface area contributed by atoms with E-state index in [4.69, 9.17) is 4.74 Å². The Labute approximate surface area is 119 Å². The number of amides is 1. The summed E-state index contributed by atoms with van der Waals surface area (Å²) in [5, 5.41) is 2.63. The van der Waals surface area contributed by atoms with E-state index in [0.717, 1.165) is 38.3 Å². The molecule has 0 atom stereocenters. The van der Waals surface area contributed by atoms with Crippen LogP contribution in [0, 0.1) is 6.92 Å². The van der Waals surface area contributed by atoms with Gasteiger partial charge in [-0.2, -0.15) is 0 Å². The van der Waals surface area contributed by atoms with Crippen LogP contribution in [0.1, 0.15) is 5.56 Å². The number of carbonyl (C=O) groups is 1. The summed E-state index contributed by atoms with van der Waals surface area (Å²) < 4.78 is 5.17. The Bertz CT molecular complexity index is 445. The molecule has 0 aliphatic carbocycles. The average Bonchev–Trinajstić information content (AvgIpc) is 2.41. The Morgan fingerprint density at radius 1 is 1.40 bits per heavy atom. The molecule has 0 spiro atoms. The quantitative estimate of drug-likeness (QED) is 0.896. The number of nitrogens with zero attached hydrogens (tertiary/aromatic N) is 3. The van der Waals surface area contributed by atoms with Crippen molar-refractivity contribution < 1.29 is 9.53 Å². The highest BCUT2D eigenvalue weighted by Gasteiger charge is 2.13. The third-order valence-electron chi connectivity index (χ3n) is 3.38. The topological polar surface area (TPSA) is 57.7 Å². The third kappa shape index (κ3) is 4.79. The number of piperazine rings is 1. The lowest BCUT2D eigenvalue weighted by Crippen LogP contribution is -2.45. The van der Waals surface area contributed by atoms with Gasteiger partial charge in [-0.15, -0.1) is 0 Å². The first-order chi connectivity index (χ1) is 9.63. The van der Waals surface area contributed by atoms with E-state index < -0.39 is 6.09 Å². The number of carbonyl (C=O) groups excluding carboxylic acids is 1. The van der Waals surface area contributed by atoms with Crippen molar-refractivity contribution in [3.63, 3.8) is 0 Å². The zero-order valence-corrected chi connectivity index (χ0v) is 12.1. The highest BCUT2D eigenvalue weighted by Crippen LogP contribution is 2.05. The van der Waals surface area contributed by atoms with Crippen LogP contribution in [0.4, 0.5) is 10.6 Å². The van der Waals surface area contributed by atoms with Crippen LogP contribution in [0.5, 0.6) is 0 Å². The van der Waals surface area contributed by atoms with Crippen molar-refractivity contribution in [1.29, 1.82) is 0 Å². The molecule has 1 aliphatic heterocycles. The largest absolute Gasteiger partial charge is 0.448 e. The summed E-state index contributed by atoms with van der Waals surface area (Å²) in [6.45, 7) is 7.33. The molecule has 0 bridgehead atoms. The molecule has 1 saturated heterocycles. The number of aromatic nitrogens is 1. The van der Waals surface area contributed by atoms with Crippen molar-refractivity contribution >= 4 is 11.9 Å². The number of hydrogen-bond donors (Lipinski definition) is 1. The van der Waals surface area contributed by atoms with E-state index >= 15 is 0 Å². The normalized spacial score (nSPS) is 16.9. The van der Waals surface area contributed by atoms with Gasteiger partial charge in [0.25, 0.3) is 0 Å². The van der Waals surface area contributed by atoms with Gasteiger partial charge in [-0.25, -0.2) is 9.78 Å². The SMILES string of the molecule is Cc1ccnc(NC(=O)OCCN2CCN(C)CC2)c1. The minimum Gasteiger partial charge on any atom is -0.448 e. The van der Waals surface area contributed by atoms with Crippen LogP contribution in [-0.2, 0) is 4.74 Å². The fourth-order valence-corrected chi connectivity index (χ4v) is 2.08. The van der Waals surface area contributed by atoms with Crippen LogP contribution in [0.25, 0.3) is 0 Å². The number of pyridine rings is 1. The van der Waals surface area contributed by atoms with E-state index in [0.29, 0.717) is 12.4 Å². The summed E-state index contributed by atoms with van der Waals surface area (Å²) in [5.74, 6) is 0.523. The van der Waals surface area contributed by atoms with Gasteiger partial charge in [0.2, 0.25) is 0 Å². The maximum atomic E-state index is 11.6. The third-order valence-corrected chi connectivity index (χ3v) is 3.38. The summed E-state index contributed by atoms with van der Waals surface area (Å²) in [5.41, 5.74) is 1.05. The fourth-order valence-electron chi connectivity index (χ4n) is 2.08. The molecule has 0 unspecified atom stereocenters. The number of hydrogen-bond acceptors (Lipinski definition) is 5. The molecule has 1 amide bonds. The smallest absolute Gasteiger partial charge is 0.412 e. The van der Waals surface area contributed by atoms with Gasteiger partial charge in [0, 0.05) is 38.9 Å². The molecule has 2 rings (SSSR count). The second kappa shape index (κ2) is 7.21. The molecule has 1 N–H and O–H groups in total. The molecular weight excluding hydrogens is 256 g/mol. The number of likely N-dealkylation sites (N-methyl/N-ethyl adjacent to an activating group) is 1. The van der Waals surface area contributed by atoms with Gasteiger partial charge in [-0.3, -0.25) is 10.2 Å². The lowest BCUT2D eigenvalue weighted by Gasteiger charge is -2.31. The average molecular weight is 278 g/mol. The van der Waals surface area contributed by atoms with Gasteiger partial charge >= 0.3 is 6.09 Å². The molecule has 0 aromatic carbocycles. The molecule has 110 valence electrons. The molecular formula is C14H22N4O2. The molecule has 2 heterocycles. The van der Waals surface area contributed by atoms with Gasteiger partial charge < -0.3 is 9.64 Å². The summed E-state index contributed by atoms with van der Waals surface area (Å²) in [7, 11) is 2.12. The summed E-state index contributed by atoms with van der Waals surface area (Å²) >= 11 is 0. The second-order valence-corrected chi connectivity index (χ2v) is 5.12. The molecule has 6 nitrogen and oxygen atoms in total. The van der Waals surface area contributed by atoms with Crippen molar-refractivity contribution in [2.24, 2.45) is 0 Å². The standard InChI is InChI=1S/C14H22N4O2/c1-12-3-4-15-13(11-12)16-14(19)20-10-9-18-7-5-17(2)6-8-18/h3-4,11H,5-10H2,1-2H3,(H,15,16,19). The molecule has 20 heavy (non-hydrogen) atoms. The van der Waals surface area contributed by atoms with Crippen LogP contribution >= 0.6 is 0 Å². The van der Waals surface area contributed by atoms with Crippen molar-refractivity contribution in [1.82, 2.24) is 14.8 Å². The predicted molar refractivity (Wildman–Crippen MR) is 77.9 cm³/mol. The predicted octanol–water partition coefficient (Wildman–Crippen LogP) is 1.19. The molecule has 0 saturated carbocycles. The lowest BCUT2D eigenvalue weighted by atomic mass is 10.3. The first kappa shape index (κ1) is 14.7. The maximum absolute atomic E-state index is 11.6. The van der Waals surface area contributed by atoms with E-state index in [1.165, 1.54) is 0 Å². The first-order valence-corrected chi connectivity index (χ1v) is 6.91. The van der Waals surface area contributed by atoms with Crippen molar-refractivity contribution in [2.45, 2.75) is 6.92 Å². The van der Waals surface area contributed by atoms with E-state index in [-0.39, 0.29) is 0 Å². The van der Waals surface area contributed by atoms with E-state index in [9.17, 15) is 4.79 Å². The van der Waals surface area contributed by atoms with Crippen LogP contribution in [-0.4, -0.2) is 67.3 Å². The Morgan fingerprint density at radius 2 is 2.15 bits per heavy atom. The van der Waals surface area contributed by atoms with Crippen molar-refractivity contribution in [2.75, 3.05) is 51.7 Å². The summed E-state index contributed by atoms with van der Waals surface area (Å²) in [4.78, 5) is 20.3. The fraction of sp³-hybridized carbons (Fsp3) is 0.571. The second-order valence-electron chi connectivity index (χ2n) is 5.12. The number of nitrogens with one attached hydrogen (secondary N) is 1. The van der Waals surface area contributed by atoms with Crippen molar-refractivity contribution in [3.8, 4) is 0 Å². The van der Waals surface area contributed by atoms with Crippen molar-refractivity contribution in [3.05, 3.63) is 23.9 Å². The minimum absolute atomic E-state index is 0.404. The Morgan fingerprint density at radius 3 is 2.85 bits per heavy atom. The Balaban J connectivity index is 1.65. The number of anilines is 1. The lowest BCUT2D eigenvalue weighted by molar-refractivity contribution is 0.111. The van der Waals surface area contributed by atoms with Crippen LogP contribution in [0.3, 0.4) is 0 Å². The van der Waals surface area contributed by atoms with Gasteiger partial charge in [0.1, 0.15) is 12.4 Å². The highest BCUT2D eigenvalue weighted by molar-refractivity contribution is 5.83. The Kier molecular flexibility index (Phi) is 5.31. The summed E-state index contributed by atoms with van der Waals surface area (Å²) in [6, 6.07) is 3.69. The minimum atomic E-state index is -0.447.